The summed E-state index contributed by atoms with van der Waals surface area (Å²) in [4.78, 5) is 27.3. The summed E-state index contributed by atoms with van der Waals surface area (Å²) >= 11 is 1.30. The number of hydrogen-bond donors (Lipinski definition) is 2. The average Bonchev–Trinajstić information content (AvgIpc) is 3.25. The Kier molecular flexibility index (Phi) is 7.75. The summed E-state index contributed by atoms with van der Waals surface area (Å²) in [6.45, 7) is 5.83. The van der Waals surface area contributed by atoms with Gasteiger partial charge in [0, 0.05) is 6.54 Å². The number of carbonyl (C=O) groups is 2. The molecule has 0 unspecified atom stereocenters. The summed E-state index contributed by atoms with van der Waals surface area (Å²) < 4.78 is 5.22. The number of benzene rings is 1. The number of anilines is 1. The number of rotatable bonds is 8. The van der Waals surface area contributed by atoms with Gasteiger partial charge in [0.2, 0.25) is 16.9 Å². The Morgan fingerprint density at radius 1 is 1.30 bits per heavy atom. The maximum Gasteiger partial charge on any atom is 0.234 e. The van der Waals surface area contributed by atoms with Crippen molar-refractivity contribution in [1.82, 2.24) is 20.4 Å². The number of nitrogens with zero attached hydrogens (tertiary/aromatic N) is 3. The van der Waals surface area contributed by atoms with Crippen LogP contribution in [0.4, 0.5) is 5.13 Å². The van der Waals surface area contributed by atoms with Crippen LogP contribution in [0.3, 0.4) is 0 Å². The molecule has 2 heterocycles. The highest BCUT2D eigenvalue weighted by molar-refractivity contribution is 7.13. The van der Waals surface area contributed by atoms with Gasteiger partial charge in [-0.2, -0.15) is 0 Å². The standard InChI is InChI=1S/C21H29N5O3S/c1-14(2)19(15-6-8-17(29-3)9-7-15)23-18(27)12-26-10-4-5-16(11-26)20(28)24-21-25-22-13-30-21/h6-9,13-14,16,19H,4-5,10-12H2,1-3H3,(H,23,27)(H,24,25,28)/t16-,19+/m1/s1. The van der Waals surface area contributed by atoms with Gasteiger partial charge in [-0.1, -0.05) is 37.3 Å². The third-order valence-electron chi connectivity index (χ3n) is 5.29. The molecular weight excluding hydrogens is 402 g/mol. The van der Waals surface area contributed by atoms with E-state index >= 15 is 0 Å². The molecule has 1 aromatic carbocycles. The fourth-order valence-electron chi connectivity index (χ4n) is 3.72. The smallest absolute Gasteiger partial charge is 0.234 e. The van der Waals surface area contributed by atoms with Gasteiger partial charge < -0.3 is 15.4 Å². The van der Waals surface area contributed by atoms with Crippen molar-refractivity contribution in [2.24, 2.45) is 11.8 Å². The normalized spacial score (nSPS) is 18.1. The van der Waals surface area contributed by atoms with E-state index in [1.807, 2.05) is 24.3 Å². The summed E-state index contributed by atoms with van der Waals surface area (Å²) in [6.07, 6.45) is 1.69. The SMILES string of the molecule is COc1ccc([C@@H](NC(=O)CN2CCC[C@@H](C(=O)Nc3nncs3)C2)C(C)C)cc1. The molecule has 0 radical (unpaired) electrons. The first kappa shape index (κ1) is 22.2. The second-order valence-electron chi connectivity index (χ2n) is 7.87. The van der Waals surface area contributed by atoms with E-state index in [0.717, 1.165) is 30.7 Å². The Hall–Kier alpha value is -2.52. The first-order valence-electron chi connectivity index (χ1n) is 10.2. The number of ether oxygens (including phenoxy) is 1. The lowest BCUT2D eigenvalue weighted by molar-refractivity contribution is -0.126. The molecule has 1 aliphatic heterocycles. The van der Waals surface area contributed by atoms with E-state index in [9.17, 15) is 9.59 Å². The molecule has 1 fully saturated rings. The first-order valence-corrected chi connectivity index (χ1v) is 11.1. The molecule has 0 saturated carbocycles. The Balaban J connectivity index is 1.55. The molecule has 0 bridgehead atoms. The van der Waals surface area contributed by atoms with Crippen LogP contribution >= 0.6 is 11.3 Å². The van der Waals surface area contributed by atoms with E-state index in [1.54, 1.807) is 12.6 Å². The largest absolute Gasteiger partial charge is 0.497 e. The molecule has 2 amide bonds. The fourth-order valence-corrected chi connectivity index (χ4v) is 4.16. The molecule has 3 rings (SSSR count). The predicted molar refractivity (Wildman–Crippen MR) is 116 cm³/mol. The number of amides is 2. The molecule has 1 aliphatic rings. The second kappa shape index (κ2) is 10.5. The maximum absolute atomic E-state index is 12.8. The lowest BCUT2D eigenvalue weighted by atomic mass is 9.95. The zero-order chi connectivity index (χ0) is 21.5. The molecule has 9 heteroatoms. The van der Waals surface area contributed by atoms with Crippen LogP contribution in [-0.4, -0.2) is 53.7 Å². The van der Waals surface area contributed by atoms with Gasteiger partial charge in [0.15, 0.2) is 0 Å². The van der Waals surface area contributed by atoms with Crippen molar-refractivity contribution >= 4 is 28.3 Å². The summed E-state index contributed by atoms with van der Waals surface area (Å²) in [5.41, 5.74) is 2.63. The van der Waals surface area contributed by atoms with Gasteiger partial charge in [0.1, 0.15) is 11.3 Å². The Bertz CT molecular complexity index is 826. The average molecular weight is 432 g/mol. The van der Waals surface area contributed by atoms with Gasteiger partial charge in [0.25, 0.3) is 0 Å². The topological polar surface area (TPSA) is 96.5 Å². The van der Waals surface area contributed by atoms with E-state index in [2.05, 4.69) is 39.6 Å². The van der Waals surface area contributed by atoms with Gasteiger partial charge >= 0.3 is 0 Å². The molecule has 162 valence electrons. The van der Waals surface area contributed by atoms with Crippen molar-refractivity contribution in [3.05, 3.63) is 35.3 Å². The van der Waals surface area contributed by atoms with Crippen molar-refractivity contribution in [2.45, 2.75) is 32.7 Å². The fraction of sp³-hybridized carbons (Fsp3) is 0.524. The highest BCUT2D eigenvalue weighted by Crippen LogP contribution is 2.24. The van der Waals surface area contributed by atoms with E-state index in [-0.39, 0.29) is 36.2 Å². The third-order valence-corrected chi connectivity index (χ3v) is 5.90. The van der Waals surface area contributed by atoms with Crippen LogP contribution in [0, 0.1) is 11.8 Å². The minimum absolute atomic E-state index is 0.0327. The van der Waals surface area contributed by atoms with Crippen LogP contribution in [-0.2, 0) is 9.59 Å². The van der Waals surface area contributed by atoms with Gasteiger partial charge in [-0.05, 0) is 43.0 Å². The zero-order valence-corrected chi connectivity index (χ0v) is 18.4. The maximum atomic E-state index is 12.8. The summed E-state index contributed by atoms with van der Waals surface area (Å²) in [6, 6.07) is 7.70. The highest BCUT2D eigenvalue weighted by Gasteiger charge is 2.28. The van der Waals surface area contributed by atoms with Crippen LogP contribution < -0.4 is 15.4 Å². The molecular formula is C21H29N5O3S. The number of carbonyl (C=O) groups excluding carboxylic acids is 2. The highest BCUT2D eigenvalue weighted by atomic mass is 32.1. The summed E-state index contributed by atoms with van der Waals surface area (Å²) in [5, 5.41) is 14.1. The quantitative estimate of drug-likeness (QED) is 0.667. The second-order valence-corrected chi connectivity index (χ2v) is 8.70. The van der Waals surface area contributed by atoms with Crippen molar-refractivity contribution in [1.29, 1.82) is 0 Å². The van der Waals surface area contributed by atoms with Crippen LogP contribution in [0.25, 0.3) is 0 Å². The van der Waals surface area contributed by atoms with Gasteiger partial charge in [-0.25, -0.2) is 0 Å². The molecule has 1 aromatic heterocycles. The van der Waals surface area contributed by atoms with E-state index in [1.165, 1.54) is 11.3 Å². The third kappa shape index (κ3) is 5.99. The lowest BCUT2D eigenvalue weighted by Crippen LogP contribution is -2.46. The van der Waals surface area contributed by atoms with E-state index in [0.29, 0.717) is 11.7 Å². The van der Waals surface area contributed by atoms with Crippen molar-refractivity contribution in [2.75, 3.05) is 32.1 Å². The Morgan fingerprint density at radius 3 is 2.70 bits per heavy atom. The predicted octanol–water partition coefficient (Wildman–Crippen LogP) is 2.71. The number of nitrogens with one attached hydrogen (secondary N) is 2. The Morgan fingerprint density at radius 2 is 2.07 bits per heavy atom. The van der Waals surface area contributed by atoms with Crippen LogP contribution in [0.1, 0.15) is 38.3 Å². The number of aromatic nitrogens is 2. The molecule has 2 aromatic rings. The molecule has 1 saturated heterocycles. The van der Waals surface area contributed by atoms with Gasteiger partial charge in [-0.3, -0.25) is 14.5 Å². The van der Waals surface area contributed by atoms with Crippen LogP contribution in [0.5, 0.6) is 5.75 Å². The molecule has 0 aliphatic carbocycles. The van der Waals surface area contributed by atoms with Gasteiger partial charge in [0.05, 0.1) is 25.6 Å². The van der Waals surface area contributed by atoms with E-state index < -0.39 is 0 Å². The Labute approximate surface area is 181 Å². The number of piperidine rings is 1. The number of hydrogen-bond acceptors (Lipinski definition) is 7. The van der Waals surface area contributed by atoms with Crippen molar-refractivity contribution < 1.29 is 14.3 Å². The van der Waals surface area contributed by atoms with Crippen LogP contribution in [0.15, 0.2) is 29.8 Å². The molecule has 0 spiro atoms. The molecule has 30 heavy (non-hydrogen) atoms. The molecule has 2 N–H and O–H groups in total. The minimum Gasteiger partial charge on any atom is -0.497 e. The molecule has 2 atom stereocenters. The zero-order valence-electron chi connectivity index (χ0n) is 17.6. The summed E-state index contributed by atoms with van der Waals surface area (Å²) in [5.74, 6) is 0.788. The summed E-state index contributed by atoms with van der Waals surface area (Å²) in [7, 11) is 1.64. The van der Waals surface area contributed by atoms with Gasteiger partial charge in [-0.15, -0.1) is 10.2 Å². The van der Waals surface area contributed by atoms with E-state index in [4.69, 9.17) is 4.74 Å². The number of methoxy groups -OCH3 is 1. The van der Waals surface area contributed by atoms with Crippen molar-refractivity contribution in [3.8, 4) is 5.75 Å². The minimum atomic E-state index is -0.155. The lowest BCUT2D eigenvalue weighted by Gasteiger charge is -2.32. The van der Waals surface area contributed by atoms with Crippen molar-refractivity contribution in [3.63, 3.8) is 0 Å². The first-order chi connectivity index (χ1) is 14.5. The van der Waals surface area contributed by atoms with Crippen LogP contribution in [0.2, 0.25) is 0 Å². The molecule has 8 nitrogen and oxygen atoms in total. The number of likely N-dealkylation sites (tertiary alicyclic amines) is 1. The monoisotopic (exact) mass is 431 g/mol.